The van der Waals surface area contributed by atoms with Gasteiger partial charge in [0.25, 0.3) is 5.56 Å². The van der Waals surface area contributed by atoms with Crippen LogP contribution in [0.4, 0.5) is 5.69 Å². The van der Waals surface area contributed by atoms with Gasteiger partial charge in [-0.25, -0.2) is 9.36 Å². The zero-order valence-corrected chi connectivity index (χ0v) is 13.0. The van der Waals surface area contributed by atoms with Crippen LogP contribution in [0.2, 0.25) is 0 Å². The van der Waals surface area contributed by atoms with Crippen molar-refractivity contribution in [3.05, 3.63) is 86.6 Å². The number of nitrogens with zero attached hydrogens (tertiary/aromatic N) is 2. The lowest BCUT2D eigenvalue weighted by Crippen LogP contribution is -2.30. The minimum absolute atomic E-state index is 0.00149. The third-order valence-electron chi connectivity index (χ3n) is 3.99. The molecule has 0 atom stereocenters. The second-order valence-electron chi connectivity index (χ2n) is 5.54. The van der Waals surface area contributed by atoms with E-state index in [1.165, 1.54) is 6.08 Å². The van der Waals surface area contributed by atoms with E-state index in [1.807, 2.05) is 24.3 Å². The van der Waals surface area contributed by atoms with Crippen molar-refractivity contribution in [2.24, 2.45) is 4.99 Å². The van der Waals surface area contributed by atoms with E-state index in [4.69, 9.17) is 0 Å². The molecule has 25 heavy (non-hydrogen) atoms. The number of benzene rings is 2. The van der Waals surface area contributed by atoms with Crippen molar-refractivity contribution in [3.63, 3.8) is 0 Å². The van der Waals surface area contributed by atoms with Gasteiger partial charge in [-0.15, -0.1) is 0 Å². The Morgan fingerprint density at radius 2 is 1.72 bits per heavy atom. The molecule has 0 bridgehead atoms. The van der Waals surface area contributed by atoms with Crippen LogP contribution in [0.25, 0.3) is 17.3 Å². The molecule has 2 N–H and O–H groups in total. The van der Waals surface area contributed by atoms with E-state index in [0.717, 1.165) is 15.8 Å². The highest BCUT2D eigenvalue weighted by molar-refractivity contribution is 6.21. The standard InChI is InChI=1S/C19H13N3O3/c23-17-15(10-12-11-20-16-9-5-4-8-14(12)16)18(24)22(19(25)21-17)13-6-2-1-3-7-13/h1-11,24H,(H,21,23,25). The molecule has 0 spiro atoms. The summed E-state index contributed by atoms with van der Waals surface area (Å²) < 4.78 is 1.06. The maximum Gasteiger partial charge on any atom is 0.335 e. The summed E-state index contributed by atoms with van der Waals surface area (Å²) in [5.74, 6) is -0.412. The maximum atomic E-state index is 12.2. The summed E-state index contributed by atoms with van der Waals surface area (Å²) in [7, 11) is 0. The zero-order chi connectivity index (χ0) is 17.4. The van der Waals surface area contributed by atoms with E-state index < -0.39 is 17.1 Å². The molecule has 0 unspecified atom stereocenters. The summed E-state index contributed by atoms with van der Waals surface area (Å²) in [6.07, 6.45) is 3.16. The highest BCUT2D eigenvalue weighted by atomic mass is 16.3. The van der Waals surface area contributed by atoms with Crippen LogP contribution in [0.1, 0.15) is 11.1 Å². The van der Waals surface area contributed by atoms with Gasteiger partial charge in [0, 0.05) is 17.4 Å². The number of para-hydroxylation sites is 2. The Hall–Kier alpha value is -3.67. The number of aliphatic imine (C=N–C) groups is 1. The van der Waals surface area contributed by atoms with Crippen LogP contribution in [0.5, 0.6) is 5.88 Å². The molecular formula is C19H13N3O3. The molecule has 1 aliphatic heterocycles. The smallest absolute Gasteiger partial charge is 0.335 e. The van der Waals surface area contributed by atoms with E-state index >= 15 is 0 Å². The summed E-state index contributed by atoms with van der Waals surface area (Å²) in [5.41, 5.74) is 1.45. The van der Waals surface area contributed by atoms with Crippen molar-refractivity contribution in [1.29, 1.82) is 0 Å². The number of fused-ring (bicyclic) bond motifs is 1. The van der Waals surface area contributed by atoms with Crippen molar-refractivity contribution in [2.45, 2.75) is 0 Å². The predicted octanol–water partition coefficient (Wildman–Crippen LogP) is 2.49. The monoisotopic (exact) mass is 331 g/mol. The molecule has 1 aliphatic rings. The fourth-order valence-electron chi connectivity index (χ4n) is 2.79. The molecule has 2 aromatic carbocycles. The summed E-state index contributed by atoms with van der Waals surface area (Å²) >= 11 is 0. The van der Waals surface area contributed by atoms with E-state index in [2.05, 4.69) is 9.98 Å². The number of hydrogen-bond donors (Lipinski definition) is 2. The molecule has 0 radical (unpaired) electrons. The molecule has 4 rings (SSSR count). The van der Waals surface area contributed by atoms with Gasteiger partial charge in [0.1, 0.15) is 5.56 Å². The van der Waals surface area contributed by atoms with Crippen LogP contribution in [0.3, 0.4) is 0 Å². The Morgan fingerprint density at radius 3 is 2.52 bits per heavy atom. The van der Waals surface area contributed by atoms with Gasteiger partial charge in [-0.3, -0.25) is 14.8 Å². The van der Waals surface area contributed by atoms with Gasteiger partial charge in [0.2, 0.25) is 5.88 Å². The van der Waals surface area contributed by atoms with Crippen LogP contribution < -0.4 is 11.2 Å². The second kappa shape index (κ2) is 5.76. The van der Waals surface area contributed by atoms with E-state index in [1.54, 1.807) is 36.5 Å². The van der Waals surface area contributed by atoms with Gasteiger partial charge in [-0.1, -0.05) is 36.4 Å². The number of aromatic nitrogens is 2. The lowest BCUT2D eigenvalue weighted by atomic mass is 10.1. The number of hydrogen-bond acceptors (Lipinski definition) is 4. The lowest BCUT2D eigenvalue weighted by molar-refractivity contribution is 0.429. The predicted molar refractivity (Wildman–Crippen MR) is 96.8 cm³/mol. The van der Waals surface area contributed by atoms with Gasteiger partial charge in [0.15, 0.2) is 0 Å². The van der Waals surface area contributed by atoms with Crippen molar-refractivity contribution in [2.75, 3.05) is 0 Å². The fraction of sp³-hybridized carbons (Fsp3) is 0. The average Bonchev–Trinajstić information content (AvgIpc) is 3.02. The molecule has 3 aromatic rings. The Labute approximate surface area is 142 Å². The Morgan fingerprint density at radius 1 is 1.00 bits per heavy atom. The summed E-state index contributed by atoms with van der Waals surface area (Å²) in [6.45, 7) is 0. The number of aromatic amines is 1. The molecule has 2 heterocycles. The SMILES string of the molecule is O=c1[nH]c(=O)n(-c2ccccc2)c(O)c1C=C1C=Nc2ccccc21. The minimum Gasteiger partial charge on any atom is -0.494 e. The summed E-state index contributed by atoms with van der Waals surface area (Å²) in [5, 5.41) is 10.6. The first-order valence-corrected chi connectivity index (χ1v) is 7.64. The minimum atomic E-state index is -0.698. The Bertz CT molecular complexity index is 1140. The molecule has 0 amide bonds. The Kier molecular flexibility index (Phi) is 3.43. The van der Waals surface area contributed by atoms with E-state index in [-0.39, 0.29) is 5.56 Å². The first-order valence-electron chi connectivity index (χ1n) is 7.64. The molecule has 0 saturated heterocycles. The van der Waals surface area contributed by atoms with Crippen molar-refractivity contribution < 1.29 is 5.11 Å². The summed E-state index contributed by atoms with van der Waals surface area (Å²) in [6, 6.07) is 16.1. The number of aromatic hydroxyl groups is 1. The van der Waals surface area contributed by atoms with Crippen molar-refractivity contribution in [1.82, 2.24) is 9.55 Å². The fourth-order valence-corrected chi connectivity index (χ4v) is 2.79. The molecule has 1 aromatic heterocycles. The van der Waals surface area contributed by atoms with Crippen LogP contribution in [-0.4, -0.2) is 20.9 Å². The molecular weight excluding hydrogens is 318 g/mol. The van der Waals surface area contributed by atoms with Crippen LogP contribution in [0, 0.1) is 0 Å². The third-order valence-corrected chi connectivity index (χ3v) is 3.99. The number of rotatable bonds is 2. The highest BCUT2D eigenvalue weighted by Crippen LogP contribution is 2.32. The first kappa shape index (κ1) is 14.9. The molecule has 0 fully saturated rings. The Balaban J connectivity index is 1.93. The quantitative estimate of drug-likeness (QED) is 0.756. The number of H-pyrrole nitrogens is 1. The third kappa shape index (κ3) is 2.49. The molecule has 0 aliphatic carbocycles. The van der Waals surface area contributed by atoms with Crippen LogP contribution in [-0.2, 0) is 0 Å². The second-order valence-corrected chi connectivity index (χ2v) is 5.54. The number of nitrogens with one attached hydrogen (secondary N) is 1. The molecule has 6 heteroatoms. The van der Waals surface area contributed by atoms with Gasteiger partial charge in [0.05, 0.1) is 11.4 Å². The molecule has 6 nitrogen and oxygen atoms in total. The normalized spacial score (nSPS) is 14.0. The number of allylic oxidation sites excluding steroid dienone is 1. The summed E-state index contributed by atoms with van der Waals surface area (Å²) in [4.78, 5) is 30.9. The largest absolute Gasteiger partial charge is 0.494 e. The van der Waals surface area contributed by atoms with Gasteiger partial charge in [-0.05, 0) is 24.3 Å². The molecule has 0 saturated carbocycles. The maximum absolute atomic E-state index is 12.2. The van der Waals surface area contributed by atoms with E-state index in [0.29, 0.717) is 11.3 Å². The van der Waals surface area contributed by atoms with Gasteiger partial charge < -0.3 is 5.11 Å². The topological polar surface area (TPSA) is 87.5 Å². The van der Waals surface area contributed by atoms with Crippen LogP contribution >= 0.6 is 0 Å². The average molecular weight is 331 g/mol. The van der Waals surface area contributed by atoms with Gasteiger partial charge in [-0.2, -0.15) is 0 Å². The first-order chi connectivity index (χ1) is 12.1. The van der Waals surface area contributed by atoms with Gasteiger partial charge >= 0.3 is 5.69 Å². The van der Waals surface area contributed by atoms with Crippen molar-refractivity contribution >= 4 is 23.6 Å². The van der Waals surface area contributed by atoms with Crippen molar-refractivity contribution in [3.8, 4) is 11.6 Å². The van der Waals surface area contributed by atoms with Crippen LogP contribution in [0.15, 0.2) is 69.2 Å². The van der Waals surface area contributed by atoms with E-state index in [9.17, 15) is 14.7 Å². The molecule has 122 valence electrons. The lowest BCUT2D eigenvalue weighted by Gasteiger charge is -2.10. The zero-order valence-electron chi connectivity index (χ0n) is 13.0. The highest BCUT2D eigenvalue weighted by Gasteiger charge is 2.17.